The number of phosphoric ester groups is 2. The van der Waals surface area contributed by atoms with Crippen LogP contribution in [0.1, 0.15) is 376 Å². The minimum absolute atomic E-state index is 0.104. The summed E-state index contributed by atoms with van der Waals surface area (Å²) in [7, 11) is -9.91. The van der Waals surface area contributed by atoms with E-state index < -0.39 is 97.5 Å². The maximum absolute atomic E-state index is 13.1. The quantitative estimate of drug-likeness (QED) is 0.0222. The molecule has 19 heteroatoms. The fraction of sp³-hybridized carbons (Fsp3) is 0.946. The number of rotatable bonds is 72. The Hall–Kier alpha value is -1.94. The molecule has 0 aliphatic rings. The average molecular weight is 1370 g/mol. The summed E-state index contributed by atoms with van der Waals surface area (Å²) in [5, 5.41) is 10.6. The maximum atomic E-state index is 13.1. The van der Waals surface area contributed by atoms with E-state index in [2.05, 4.69) is 48.5 Å². The van der Waals surface area contributed by atoms with Crippen LogP contribution >= 0.6 is 15.6 Å². The number of aliphatic hydroxyl groups excluding tert-OH is 1. The van der Waals surface area contributed by atoms with Gasteiger partial charge in [-0.15, -0.1) is 0 Å². The molecule has 3 N–H and O–H groups in total. The van der Waals surface area contributed by atoms with Crippen molar-refractivity contribution in [3.63, 3.8) is 0 Å². The molecule has 0 bridgehead atoms. The second kappa shape index (κ2) is 64.7. The van der Waals surface area contributed by atoms with E-state index in [1.54, 1.807) is 0 Å². The number of esters is 4. The predicted octanol–water partition coefficient (Wildman–Crippen LogP) is 21.4. The monoisotopic (exact) mass is 1370 g/mol. The SMILES string of the molecule is CCCCCCCCCCCCCCCC(=O)OC[C@H](COP(=O)(O)OC[C@@H](O)COP(=O)(O)OC[C@@H](COC(=O)CCCCCCCCCCC(C)CC)OC(=O)CCCCCCCCCCC(C)CC)OC(=O)CCCCCCCCCCCCCCCC(C)C. The fourth-order valence-electron chi connectivity index (χ4n) is 11.2. The molecule has 0 saturated carbocycles. The molecular weight excluding hydrogens is 1220 g/mol. The number of unbranched alkanes of at least 4 members (excludes halogenated alkanes) is 38. The molecule has 0 amide bonds. The molecule has 0 aromatic rings. The first kappa shape index (κ1) is 91.1. The molecule has 7 atom stereocenters. The van der Waals surface area contributed by atoms with Crippen LogP contribution in [0.2, 0.25) is 0 Å². The van der Waals surface area contributed by atoms with E-state index in [4.69, 9.17) is 37.0 Å². The van der Waals surface area contributed by atoms with E-state index in [1.165, 1.54) is 186 Å². The van der Waals surface area contributed by atoms with Crippen LogP contribution in [0.25, 0.3) is 0 Å². The van der Waals surface area contributed by atoms with Crippen LogP contribution in [0.15, 0.2) is 0 Å². The molecule has 0 aromatic heterocycles. The van der Waals surface area contributed by atoms with Crippen molar-refractivity contribution >= 4 is 39.5 Å². The Labute approximate surface area is 568 Å². The van der Waals surface area contributed by atoms with Crippen molar-refractivity contribution in [1.82, 2.24) is 0 Å². The lowest BCUT2D eigenvalue weighted by Gasteiger charge is -2.21. The summed E-state index contributed by atoms with van der Waals surface area (Å²) in [5.74, 6) is 0.213. The van der Waals surface area contributed by atoms with Crippen molar-refractivity contribution < 1.29 is 80.2 Å². The van der Waals surface area contributed by atoms with Gasteiger partial charge in [-0.1, -0.05) is 325 Å². The standard InChI is InChI=1S/C74H144O17P2/c1-8-11-12-13-14-15-16-18-22-25-34-41-48-55-71(76)84-61-69(90-73(78)57-50-43-36-26-23-20-17-19-21-24-31-38-45-52-65(4)5)63-88-92(80,81)86-59-68(75)60-87-93(82,83)89-64-70(91-74(79)58-51-44-37-30-28-33-40-47-54-67(7)10-3)62-85-72(77)56-49-42-35-29-27-32-39-46-53-66(6)9-2/h65-70,75H,8-64H2,1-7H3,(H,80,81)(H,82,83)/t66?,67?,68-,69-,70-/m1/s1. The number of carbonyl (C=O) groups is 4. The Bertz CT molecular complexity index is 1820. The lowest BCUT2D eigenvalue weighted by molar-refractivity contribution is -0.161. The topological polar surface area (TPSA) is 237 Å². The van der Waals surface area contributed by atoms with Gasteiger partial charge >= 0.3 is 39.5 Å². The number of ether oxygens (including phenoxy) is 4. The van der Waals surface area contributed by atoms with Gasteiger partial charge in [0, 0.05) is 25.7 Å². The fourth-order valence-corrected chi connectivity index (χ4v) is 12.8. The number of aliphatic hydroxyl groups is 1. The molecule has 0 aromatic carbocycles. The first-order valence-electron chi connectivity index (χ1n) is 38.4. The predicted molar refractivity (Wildman–Crippen MR) is 377 cm³/mol. The van der Waals surface area contributed by atoms with E-state index in [9.17, 15) is 43.2 Å². The maximum Gasteiger partial charge on any atom is 0.472 e. The summed E-state index contributed by atoms with van der Waals surface area (Å²) in [6.45, 7) is 11.9. The minimum atomic E-state index is -4.96. The zero-order valence-electron chi connectivity index (χ0n) is 60.7. The normalized spacial score (nSPS) is 14.7. The van der Waals surface area contributed by atoms with E-state index in [0.717, 1.165) is 108 Å². The molecule has 552 valence electrons. The third-order valence-electron chi connectivity index (χ3n) is 17.9. The van der Waals surface area contributed by atoms with Crippen molar-refractivity contribution in [3.05, 3.63) is 0 Å². The molecule has 0 rings (SSSR count). The number of hydrogen-bond donors (Lipinski definition) is 3. The van der Waals surface area contributed by atoms with Crippen LogP contribution in [0.5, 0.6) is 0 Å². The molecule has 0 aliphatic carbocycles. The molecule has 4 unspecified atom stereocenters. The molecule has 0 spiro atoms. The second-order valence-electron chi connectivity index (χ2n) is 27.6. The van der Waals surface area contributed by atoms with Gasteiger partial charge in [-0.05, 0) is 43.4 Å². The average Bonchev–Trinajstić information content (AvgIpc) is 1.73. The molecule has 0 saturated heterocycles. The van der Waals surface area contributed by atoms with Gasteiger partial charge in [0.2, 0.25) is 0 Å². The lowest BCUT2D eigenvalue weighted by Crippen LogP contribution is -2.30. The first-order valence-corrected chi connectivity index (χ1v) is 41.4. The summed E-state index contributed by atoms with van der Waals surface area (Å²) < 4.78 is 68.5. The number of carbonyl (C=O) groups excluding carboxylic acids is 4. The molecule has 0 fully saturated rings. The van der Waals surface area contributed by atoms with Crippen LogP contribution in [0.4, 0.5) is 0 Å². The summed E-state index contributed by atoms with van der Waals surface area (Å²) >= 11 is 0. The smallest absolute Gasteiger partial charge is 0.462 e. The highest BCUT2D eigenvalue weighted by Gasteiger charge is 2.30. The van der Waals surface area contributed by atoms with Crippen molar-refractivity contribution in [3.8, 4) is 0 Å². The van der Waals surface area contributed by atoms with Gasteiger partial charge in [0.05, 0.1) is 26.4 Å². The third-order valence-corrected chi connectivity index (χ3v) is 19.8. The van der Waals surface area contributed by atoms with Gasteiger partial charge in [-0.25, -0.2) is 9.13 Å². The molecule has 0 aliphatic heterocycles. The van der Waals surface area contributed by atoms with E-state index in [-0.39, 0.29) is 25.7 Å². The Morgan fingerprint density at radius 1 is 0.312 bits per heavy atom. The Kier molecular flexibility index (Phi) is 63.4. The van der Waals surface area contributed by atoms with Gasteiger partial charge in [-0.2, -0.15) is 0 Å². The van der Waals surface area contributed by atoms with Gasteiger partial charge in [0.25, 0.3) is 0 Å². The first-order chi connectivity index (χ1) is 44.8. The Balaban J connectivity index is 5.27. The molecule has 93 heavy (non-hydrogen) atoms. The summed E-state index contributed by atoms with van der Waals surface area (Å²) in [5.41, 5.74) is 0. The van der Waals surface area contributed by atoms with E-state index in [1.807, 2.05) is 0 Å². The van der Waals surface area contributed by atoms with Crippen molar-refractivity contribution in [2.75, 3.05) is 39.6 Å². The van der Waals surface area contributed by atoms with Crippen molar-refractivity contribution in [2.24, 2.45) is 17.8 Å². The van der Waals surface area contributed by atoms with Crippen LogP contribution in [-0.4, -0.2) is 96.7 Å². The van der Waals surface area contributed by atoms with Crippen LogP contribution in [0, 0.1) is 17.8 Å². The van der Waals surface area contributed by atoms with Gasteiger partial charge in [0.15, 0.2) is 12.2 Å². The van der Waals surface area contributed by atoms with Crippen molar-refractivity contribution in [1.29, 1.82) is 0 Å². The molecular formula is C74H144O17P2. The highest BCUT2D eigenvalue weighted by Crippen LogP contribution is 2.45. The summed E-state index contributed by atoms with van der Waals surface area (Å²) in [6.07, 6.45) is 49.7. The van der Waals surface area contributed by atoms with E-state index in [0.29, 0.717) is 25.7 Å². The largest absolute Gasteiger partial charge is 0.472 e. The molecule has 0 heterocycles. The lowest BCUT2D eigenvalue weighted by atomic mass is 9.99. The van der Waals surface area contributed by atoms with Gasteiger partial charge in [0.1, 0.15) is 19.3 Å². The Morgan fingerprint density at radius 3 is 0.817 bits per heavy atom. The highest BCUT2D eigenvalue weighted by molar-refractivity contribution is 7.47. The molecule has 17 nitrogen and oxygen atoms in total. The Morgan fingerprint density at radius 2 is 0.548 bits per heavy atom. The van der Waals surface area contributed by atoms with Crippen LogP contribution < -0.4 is 0 Å². The minimum Gasteiger partial charge on any atom is -0.462 e. The van der Waals surface area contributed by atoms with Crippen LogP contribution in [-0.2, 0) is 65.4 Å². The summed E-state index contributed by atoms with van der Waals surface area (Å²) in [4.78, 5) is 72.8. The zero-order valence-corrected chi connectivity index (χ0v) is 62.5. The molecule has 0 radical (unpaired) electrons. The second-order valence-corrected chi connectivity index (χ2v) is 30.6. The highest BCUT2D eigenvalue weighted by atomic mass is 31.2. The van der Waals surface area contributed by atoms with Crippen LogP contribution in [0.3, 0.4) is 0 Å². The van der Waals surface area contributed by atoms with Gasteiger partial charge < -0.3 is 33.8 Å². The number of phosphoric acid groups is 2. The summed E-state index contributed by atoms with van der Waals surface area (Å²) in [6, 6.07) is 0. The van der Waals surface area contributed by atoms with Crippen molar-refractivity contribution in [2.45, 2.75) is 394 Å². The zero-order chi connectivity index (χ0) is 68.7. The number of hydrogen-bond acceptors (Lipinski definition) is 15. The third kappa shape index (κ3) is 65.8. The van der Waals surface area contributed by atoms with Gasteiger partial charge in [-0.3, -0.25) is 37.3 Å². The van der Waals surface area contributed by atoms with E-state index >= 15 is 0 Å².